The number of nitrogens with one attached hydrogen (secondary N) is 1. The zero-order chi connectivity index (χ0) is 24.2. The van der Waals surface area contributed by atoms with Gasteiger partial charge in [0.25, 0.3) is 11.8 Å². The van der Waals surface area contributed by atoms with Crippen LogP contribution in [0, 0.1) is 0 Å². The van der Waals surface area contributed by atoms with Gasteiger partial charge in [-0.1, -0.05) is 48.0 Å². The van der Waals surface area contributed by atoms with Crippen LogP contribution in [0.4, 0.5) is 5.69 Å². The van der Waals surface area contributed by atoms with Crippen molar-refractivity contribution in [3.05, 3.63) is 101 Å². The van der Waals surface area contributed by atoms with Crippen molar-refractivity contribution in [1.82, 2.24) is 14.7 Å². The molecule has 2 heterocycles. The molecule has 3 aromatic carbocycles. The molecule has 3 aromatic rings. The second kappa shape index (κ2) is 10.5. The van der Waals surface area contributed by atoms with Gasteiger partial charge in [-0.15, -0.1) is 0 Å². The molecule has 0 aliphatic carbocycles. The number of rotatable bonds is 6. The van der Waals surface area contributed by atoms with E-state index in [4.69, 9.17) is 11.6 Å². The van der Waals surface area contributed by atoms with E-state index in [1.807, 2.05) is 88.7 Å². The van der Waals surface area contributed by atoms with Gasteiger partial charge in [0, 0.05) is 73.7 Å². The van der Waals surface area contributed by atoms with E-state index in [-0.39, 0.29) is 11.8 Å². The average molecular weight is 489 g/mol. The van der Waals surface area contributed by atoms with Gasteiger partial charge >= 0.3 is 0 Å². The van der Waals surface area contributed by atoms with Crippen LogP contribution >= 0.6 is 11.6 Å². The number of anilines is 1. The van der Waals surface area contributed by atoms with Crippen LogP contribution < -0.4 is 5.32 Å². The summed E-state index contributed by atoms with van der Waals surface area (Å²) in [6, 6.07) is 25.2. The predicted molar refractivity (Wildman–Crippen MR) is 139 cm³/mol. The summed E-state index contributed by atoms with van der Waals surface area (Å²) in [5.41, 5.74) is 3.53. The van der Waals surface area contributed by atoms with Crippen LogP contribution in [0.25, 0.3) is 0 Å². The average Bonchev–Trinajstić information content (AvgIpc) is 2.87. The molecular formula is C28H29ClN4O2. The van der Waals surface area contributed by atoms with Gasteiger partial charge in [-0.25, -0.2) is 0 Å². The van der Waals surface area contributed by atoms with E-state index in [0.29, 0.717) is 23.2 Å². The number of hydrogen-bond acceptors (Lipinski definition) is 4. The van der Waals surface area contributed by atoms with Crippen LogP contribution in [-0.4, -0.2) is 71.8 Å². The number of nitrogens with zero attached hydrogens (tertiary/aromatic N) is 3. The molecule has 0 aromatic heterocycles. The summed E-state index contributed by atoms with van der Waals surface area (Å²) >= 11 is 6.03. The molecule has 2 amide bonds. The highest BCUT2D eigenvalue weighted by Crippen LogP contribution is 2.21. The largest absolute Gasteiger partial charge is 0.381 e. The van der Waals surface area contributed by atoms with Gasteiger partial charge in [-0.2, -0.15) is 0 Å². The molecular weight excluding hydrogens is 460 g/mol. The third-order valence-electron chi connectivity index (χ3n) is 6.81. The smallest absolute Gasteiger partial charge is 0.253 e. The minimum atomic E-state index is 0.0773. The van der Waals surface area contributed by atoms with Gasteiger partial charge in [-0.3, -0.25) is 14.5 Å². The maximum Gasteiger partial charge on any atom is 0.253 e. The van der Waals surface area contributed by atoms with Gasteiger partial charge in [0.1, 0.15) is 0 Å². The number of halogens is 1. The number of benzene rings is 3. The number of amides is 2. The summed E-state index contributed by atoms with van der Waals surface area (Å²) in [5, 5.41) is 4.05. The van der Waals surface area contributed by atoms with Crippen LogP contribution in [0.1, 0.15) is 26.3 Å². The fraction of sp³-hybridized carbons (Fsp3) is 0.286. The Morgan fingerprint density at radius 1 is 0.771 bits per heavy atom. The monoisotopic (exact) mass is 488 g/mol. The first-order valence-corrected chi connectivity index (χ1v) is 12.4. The lowest BCUT2D eigenvalue weighted by atomic mass is 10.0. The normalized spacial score (nSPS) is 16.6. The van der Waals surface area contributed by atoms with E-state index in [2.05, 4.69) is 10.2 Å². The second-order valence-corrected chi connectivity index (χ2v) is 9.56. The van der Waals surface area contributed by atoms with Crippen molar-refractivity contribution in [3.8, 4) is 0 Å². The molecule has 0 saturated carbocycles. The molecule has 7 heteroatoms. The molecule has 0 atom stereocenters. The van der Waals surface area contributed by atoms with Crippen LogP contribution in [0.5, 0.6) is 0 Å². The second-order valence-electron chi connectivity index (χ2n) is 9.12. The summed E-state index contributed by atoms with van der Waals surface area (Å²) in [6.45, 7) is 5.29. The molecule has 6 nitrogen and oxygen atoms in total. The first kappa shape index (κ1) is 23.4. The Morgan fingerprint density at radius 3 is 2.11 bits per heavy atom. The fourth-order valence-electron chi connectivity index (χ4n) is 4.66. The molecule has 2 saturated heterocycles. The Morgan fingerprint density at radius 2 is 1.43 bits per heavy atom. The topological polar surface area (TPSA) is 55.9 Å². The van der Waals surface area contributed by atoms with E-state index in [1.54, 1.807) is 0 Å². The lowest BCUT2D eigenvalue weighted by Gasteiger charge is -2.48. The zero-order valence-electron chi connectivity index (χ0n) is 19.6. The van der Waals surface area contributed by atoms with Gasteiger partial charge in [0.05, 0.1) is 0 Å². The molecule has 180 valence electrons. The van der Waals surface area contributed by atoms with Crippen molar-refractivity contribution in [3.63, 3.8) is 0 Å². The summed E-state index contributed by atoms with van der Waals surface area (Å²) in [7, 11) is 0. The molecule has 2 fully saturated rings. The number of piperazine rings is 1. The first-order chi connectivity index (χ1) is 17.1. The van der Waals surface area contributed by atoms with Crippen molar-refractivity contribution in [2.45, 2.75) is 12.6 Å². The van der Waals surface area contributed by atoms with Crippen molar-refractivity contribution < 1.29 is 9.59 Å². The van der Waals surface area contributed by atoms with Gasteiger partial charge < -0.3 is 15.1 Å². The lowest BCUT2D eigenvalue weighted by molar-refractivity contribution is 0.00854. The van der Waals surface area contributed by atoms with E-state index in [9.17, 15) is 9.59 Å². The first-order valence-electron chi connectivity index (χ1n) is 12.0. The van der Waals surface area contributed by atoms with E-state index >= 15 is 0 Å². The maximum atomic E-state index is 12.9. The number of carbonyl (C=O) groups excluding carboxylic acids is 2. The Balaban J connectivity index is 1.07. The predicted octanol–water partition coefficient (Wildman–Crippen LogP) is 4.23. The number of carbonyl (C=O) groups is 2. The van der Waals surface area contributed by atoms with E-state index in [1.165, 1.54) is 0 Å². The highest BCUT2D eigenvalue weighted by atomic mass is 35.5. The van der Waals surface area contributed by atoms with E-state index < -0.39 is 0 Å². The van der Waals surface area contributed by atoms with Crippen LogP contribution in [0.2, 0.25) is 5.02 Å². The molecule has 2 aliphatic heterocycles. The standard InChI is InChI=1S/C28H29ClN4O2/c29-24-7-4-8-25(17-24)30-18-21-9-11-23(12-10-21)28(35)33-19-26(20-33)31-13-15-32(16-14-31)27(34)22-5-2-1-3-6-22/h1-12,17,26,30H,13-16,18-20H2. The molecule has 1 N–H and O–H groups in total. The zero-order valence-corrected chi connectivity index (χ0v) is 20.3. The molecule has 0 radical (unpaired) electrons. The summed E-state index contributed by atoms with van der Waals surface area (Å²) in [5.74, 6) is 0.176. The highest BCUT2D eigenvalue weighted by molar-refractivity contribution is 6.30. The SMILES string of the molecule is O=C(c1ccccc1)N1CCN(C2CN(C(=O)c3ccc(CNc4cccc(Cl)c4)cc3)C2)CC1. The third kappa shape index (κ3) is 5.50. The number of likely N-dealkylation sites (tertiary alicyclic amines) is 1. The van der Waals surface area contributed by atoms with E-state index in [0.717, 1.165) is 56.1 Å². The Bertz CT molecular complexity index is 1170. The summed E-state index contributed by atoms with van der Waals surface area (Å²) < 4.78 is 0. The Kier molecular flexibility index (Phi) is 7.02. The Hall–Kier alpha value is -3.35. The molecule has 0 spiro atoms. The van der Waals surface area contributed by atoms with Crippen molar-refractivity contribution >= 4 is 29.1 Å². The molecule has 5 rings (SSSR count). The molecule has 35 heavy (non-hydrogen) atoms. The molecule has 0 bridgehead atoms. The van der Waals surface area contributed by atoms with Crippen molar-refractivity contribution in [2.75, 3.05) is 44.6 Å². The fourth-order valence-corrected chi connectivity index (χ4v) is 4.85. The molecule has 0 unspecified atom stereocenters. The molecule has 2 aliphatic rings. The Labute approximate surface area is 211 Å². The van der Waals surface area contributed by atoms with Crippen LogP contribution in [0.3, 0.4) is 0 Å². The minimum absolute atomic E-state index is 0.0773. The number of hydrogen-bond donors (Lipinski definition) is 1. The summed E-state index contributed by atoms with van der Waals surface area (Å²) in [4.78, 5) is 31.8. The quantitative estimate of drug-likeness (QED) is 0.564. The van der Waals surface area contributed by atoms with Gasteiger partial charge in [0.2, 0.25) is 0 Å². The van der Waals surface area contributed by atoms with Crippen LogP contribution in [0.15, 0.2) is 78.9 Å². The summed E-state index contributed by atoms with van der Waals surface area (Å²) in [6.07, 6.45) is 0. The van der Waals surface area contributed by atoms with Crippen LogP contribution in [-0.2, 0) is 6.54 Å². The van der Waals surface area contributed by atoms with Gasteiger partial charge in [-0.05, 0) is 48.0 Å². The van der Waals surface area contributed by atoms with Gasteiger partial charge in [0.15, 0.2) is 0 Å². The lowest BCUT2D eigenvalue weighted by Crippen LogP contribution is -2.64. The third-order valence-corrected chi connectivity index (χ3v) is 7.05. The highest BCUT2D eigenvalue weighted by Gasteiger charge is 2.36. The van der Waals surface area contributed by atoms with Crippen molar-refractivity contribution in [2.24, 2.45) is 0 Å². The minimum Gasteiger partial charge on any atom is -0.381 e. The van der Waals surface area contributed by atoms with Crippen molar-refractivity contribution in [1.29, 1.82) is 0 Å². The maximum absolute atomic E-state index is 12.9.